The number of ketones is 1. The molecule has 1 atom stereocenters. The first-order valence-corrected chi connectivity index (χ1v) is 10.2. The SMILES string of the molecule is CC1(C)CC(=O)C2=C(C1)N(NC(=O)c1ccc(O)cc1)C(N)=C(C#N)C2c1cccnc1. The van der Waals surface area contributed by atoms with Gasteiger partial charge in [0.25, 0.3) is 5.91 Å². The molecule has 8 heteroatoms. The van der Waals surface area contributed by atoms with Crippen molar-refractivity contribution in [2.75, 3.05) is 0 Å². The summed E-state index contributed by atoms with van der Waals surface area (Å²) in [6, 6.07) is 11.5. The fourth-order valence-electron chi connectivity index (χ4n) is 4.30. The van der Waals surface area contributed by atoms with Gasteiger partial charge in [0.15, 0.2) is 5.78 Å². The van der Waals surface area contributed by atoms with Gasteiger partial charge in [-0.1, -0.05) is 19.9 Å². The third kappa shape index (κ3) is 3.69. The number of hydrogen-bond acceptors (Lipinski definition) is 7. The molecule has 1 aromatic carbocycles. The maximum absolute atomic E-state index is 13.3. The van der Waals surface area contributed by atoms with E-state index in [2.05, 4.69) is 16.5 Å². The molecule has 1 amide bonds. The number of nitrogens with one attached hydrogen (secondary N) is 1. The third-order valence-electron chi connectivity index (χ3n) is 5.74. The van der Waals surface area contributed by atoms with E-state index in [4.69, 9.17) is 5.73 Å². The summed E-state index contributed by atoms with van der Waals surface area (Å²) >= 11 is 0. The molecule has 1 aliphatic carbocycles. The molecule has 162 valence electrons. The number of hydrazine groups is 1. The fraction of sp³-hybridized carbons (Fsp3) is 0.250. The number of rotatable bonds is 3. The number of Topliss-reactive ketones (excluding diaryl/α,β-unsaturated/α-hetero) is 1. The largest absolute Gasteiger partial charge is 0.508 e. The molecule has 1 aliphatic heterocycles. The van der Waals surface area contributed by atoms with Gasteiger partial charge in [-0.2, -0.15) is 5.26 Å². The summed E-state index contributed by atoms with van der Waals surface area (Å²) in [7, 11) is 0. The normalized spacial score (nSPS) is 20.0. The second-order valence-corrected chi connectivity index (χ2v) is 8.75. The Morgan fingerprint density at radius 1 is 1.28 bits per heavy atom. The highest BCUT2D eigenvalue weighted by Crippen LogP contribution is 2.48. The quantitative estimate of drug-likeness (QED) is 0.683. The summed E-state index contributed by atoms with van der Waals surface area (Å²) in [6.45, 7) is 3.96. The van der Waals surface area contributed by atoms with Gasteiger partial charge in [0.05, 0.1) is 23.3 Å². The molecule has 0 spiro atoms. The Bertz CT molecular complexity index is 1190. The van der Waals surface area contributed by atoms with Crippen molar-refractivity contribution in [2.24, 2.45) is 11.1 Å². The Morgan fingerprint density at radius 2 is 2.00 bits per heavy atom. The molecule has 0 fully saturated rings. The van der Waals surface area contributed by atoms with Gasteiger partial charge in [-0.05, 0) is 47.7 Å². The monoisotopic (exact) mass is 429 g/mol. The Balaban J connectivity index is 1.84. The molecule has 1 unspecified atom stereocenters. The molecule has 8 nitrogen and oxygen atoms in total. The van der Waals surface area contributed by atoms with E-state index in [1.54, 1.807) is 18.5 Å². The number of hydrogen-bond donors (Lipinski definition) is 3. The molecule has 0 saturated carbocycles. The van der Waals surface area contributed by atoms with E-state index in [-0.39, 0.29) is 28.3 Å². The Labute approximate surface area is 185 Å². The summed E-state index contributed by atoms with van der Waals surface area (Å²) in [5, 5.41) is 20.8. The van der Waals surface area contributed by atoms with Crippen molar-refractivity contribution in [3.8, 4) is 11.8 Å². The van der Waals surface area contributed by atoms with Crippen LogP contribution in [0.3, 0.4) is 0 Å². The smallest absolute Gasteiger partial charge is 0.270 e. The van der Waals surface area contributed by atoms with Crippen molar-refractivity contribution in [3.05, 3.63) is 82.6 Å². The van der Waals surface area contributed by atoms with Crippen LogP contribution in [0.1, 0.15) is 48.5 Å². The second kappa shape index (κ2) is 7.85. The lowest BCUT2D eigenvalue weighted by molar-refractivity contribution is -0.118. The summed E-state index contributed by atoms with van der Waals surface area (Å²) in [6.07, 6.45) is 4.05. The maximum Gasteiger partial charge on any atom is 0.270 e. The molecular weight excluding hydrogens is 406 g/mol. The second-order valence-electron chi connectivity index (χ2n) is 8.75. The van der Waals surface area contributed by atoms with Crippen molar-refractivity contribution < 1.29 is 14.7 Å². The van der Waals surface area contributed by atoms with Crippen LogP contribution in [0.5, 0.6) is 5.75 Å². The Hall–Kier alpha value is -4.12. The number of phenolic OH excluding ortho intramolecular Hbond substituents is 1. The van der Waals surface area contributed by atoms with Crippen LogP contribution in [-0.4, -0.2) is 26.8 Å². The average Bonchev–Trinajstić information content (AvgIpc) is 2.75. The van der Waals surface area contributed by atoms with E-state index in [0.717, 1.165) is 0 Å². The van der Waals surface area contributed by atoms with Crippen LogP contribution in [0.4, 0.5) is 0 Å². The van der Waals surface area contributed by atoms with Gasteiger partial charge in [-0.15, -0.1) is 0 Å². The van der Waals surface area contributed by atoms with E-state index >= 15 is 0 Å². The number of allylic oxidation sites excluding steroid dienone is 3. The highest BCUT2D eigenvalue weighted by molar-refractivity contribution is 6.00. The summed E-state index contributed by atoms with van der Waals surface area (Å²) in [4.78, 5) is 30.4. The molecule has 1 aromatic heterocycles. The van der Waals surface area contributed by atoms with Crippen molar-refractivity contribution >= 4 is 11.7 Å². The molecule has 4 rings (SSSR count). The predicted octanol–water partition coefficient (Wildman–Crippen LogP) is 2.87. The lowest BCUT2D eigenvalue weighted by Gasteiger charge is -2.43. The highest BCUT2D eigenvalue weighted by atomic mass is 16.3. The van der Waals surface area contributed by atoms with Crippen LogP contribution in [0, 0.1) is 16.7 Å². The van der Waals surface area contributed by atoms with Gasteiger partial charge >= 0.3 is 0 Å². The summed E-state index contributed by atoms with van der Waals surface area (Å²) in [5.74, 6) is -1.11. The standard InChI is InChI=1S/C24H23N5O3/c1-24(2)10-18-21(19(31)11-24)20(15-4-3-9-27-13-15)17(12-25)22(26)29(18)28-23(32)14-5-7-16(30)8-6-14/h3-9,13,20,30H,10-11,26H2,1-2H3,(H,28,32). The van der Waals surface area contributed by atoms with Crippen LogP contribution >= 0.6 is 0 Å². The minimum atomic E-state index is -0.644. The predicted molar refractivity (Wildman–Crippen MR) is 116 cm³/mol. The number of benzene rings is 1. The zero-order chi connectivity index (χ0) is 23.0. The molecular formula is C24H23N5O3. The molecule has 2 aromatic rings. The first-order valence-electron chi connectivity index (χ1n) is 10.2. The molecule has 32 heavy (non-hydrogen) atoms. The number of carbonyl (C=O) groups is 2. The number of phenols is 1. The molecule has 0 bridgehead atoms. The fourth-order valence-corrected chi connectivity index (χ4v) is 4.30. The number of nitrogens with two attached hydrogens (primary N) is 1. The molecule has 4 N–H and O–H groups in total. The number of amides is 1. The number of pyridine rings is 1. The van der Waals surface area contributed by atoms with E-state index < -0.39 is 11.8 Å². The highest BCUT2D eigenvalue weighted by Gasteiger charge is 2.44. The van der Waals surface area contributed by atoms with Gasteiger partial charge in [0.2, 0.25) is 0 Å². The third-order valence-corrected chi connectivity index (χ3v) is 5.74. The van der Waals surface area contributed by atoms with Gasteiger partial charge in [0.1, 0.15) is 11.6 Å². The zero-order valence-corrected chi connectivity index (χ0v) is 17.8. The van der Waals surface area contributed by atoms with Crippen LogP contribution in [-0.2, 0) is 4.79 Å². The Morgan fingerprint density at radius 3 is 2.62 bits per heavy atom. The lowest BCUT2D eigenvalue weighted by Crippen LogP contribution is -2.49. The molecule has 0 radical (unpaired) electrons. The topological polar surface area (TPSA) is 132 Å². The van der Waals surface area contributed by atoms with Crippen molar-refractivity contribution in [1.29, 1.82) is 5.26 Å². The van der Waals surface area contributed by atoms with Gasteiger partial charge in [-0.3, -0.25) is 20.0 Å². The van der Waals surface area contributed by atoms with E-state index in [0.29, 0.717) is 35.2 Å². The number of carbonyl (C=O) groups excluding carboxylic acids is 2. The van der Waals surface area contributed by atoms with Gasteiger partial charge < -0.3 is 10.8 Å². The minimum Gasteiger partial charge on any atom is -0.508 e. The van der Waals surface area contributed by atoms with Crippen LogP contribution < -0.4 is 11.2 Å². The number of nitriles is 1. The van der Waals surface area contributed by atoms with E-state index in [1.165, 1.54) is 29.3 Å². The first-order chi connectivity index (χ1) is 15.2. The lowest BCUT2D eigenvalue weighted by atomic mass is 9.69. The van der Waals surface area contributed by atoms with E-state index in [1.807, 2.05) is 19.9 Å². The Kier molecular flexibility index (Phi) is 5.18. The van der Waals surface area contributed by atoms with Crippen LogP contribution in [0.25, 0.3) is 0 Å². The maximum atomic E-state index is 13.3. The first kappa shape index (κ1) is 21.1. The van der Waals surface area contributed by atoms with E-state index in [9.17, 15) is 20.0 Å². The number of nitrogens with zero attached hydrogens (tertiary/aromatic N) is 3. The number of aromatic hydroxyl groups is 1. The molecule has 0 saturated heterocycles. The molecule has 2 heterocycles. The number of aromatic nitrogens is 1. The van der Waals surface area contributed by atoms with Crippen LogP contribution in [0.2, 0.25) is 0 Å². The zero-order valence-electron chi connectivity index (χ0n) is 17.8. The van der Waals surface area contributed by atoms with Crippen molar-refractivity contribution in [1.82, 2.24) is 15.4 Å². The average molecular weight is 429 g/mol. The summed E-state index contributed by atoms with van der Waals surface area (Å²) in [5.41, 5.74) is 11.0. The minimum absolute atomic E-state index is 0.0367. The van der Waals surface area contributed by atoms with Crippen molar-refractivity contribution in [3.63, 3.8) is 0 Å². The van der Waals surface area contributed by atoms with Gasteiger partial charge in [-0.25, -0.2) is 5.01 Å². The molecule has 2 aliphatic rings. The summed E-state index contributed by atoms with van der Waals surface area (Å²) < 4.78 is 0. The van der Waals surface area contributed by atoms with Crippen LogP contribution in [0.15, 0.2) is 71.5 Å². The van der Waals surface area contributed by atoms with Gasteiger partial charge in [0, 0.05) is 30.0 Å². The van der Waals surface area contributed by atoms with Crippen molar-refractivity contribution in [2.45, 2.75) is 32.6 Å².